The van der Waals surface area contributed by atoms with Crippen LogP contribution in [0, 0.1) is 5.92 Å². The molecule has 0 aromatic heterocycles. The van der Waals surface area contributed by atoms with E-state index < -0.39 is 5.97 Å². The molecule has 0 heterocycles. The average Bonchev–Trinajstić information content (AvgIpc) is 2.75. The zero-order chi connectivity index (χ0) is 22.9. The summed E-state index contributed by atoms with van der Waals surface area (Å²) < 4.78 is 24.2. The maximum Gasteiger partial charge on any atom is 0.285 e. The normalized spacial score (nSPS) is 12.3. The molecule has 1 atom stereocenters. The quantitative estimate of drug-likeness (QED) is 0.105. The van der Waals surface area contributed by atoms with Crippen LogP contribution in [-0.2, 0) is 18.9 Å². The second-order valence-electron chi connectivity index (χ2n) is 7.95. The van der Waals surface area contributed by atoms with Gasteiger partial charge < -0.3 is 18.9 Å². The lowest BCUT2D eigenvalue weighted by molar-refractivity contribution is -0.406. The van der Waals surface area contributed by atoms with Crippen LogP contribution < -0.4 is 0 Å². The van der Waals surface area contributed by atoms with Crippen LogP contribution in [0.3, 0.4) is 0 Å². The van der Waals surface area contributed by atoms with Gasteiger partial charge in [0.15, 0.2) is 0 Å². The van der Waals surface area contributed by atoms with Gasteiger partial charge in [-0.1, -0.05) is 72.3 Å². The number of methoxy groups -OCH3 is 1. The standard InChI is InChI=1S/C23H48O4.C3H6/c1-6-10-11-12-13-14-16-22(17-15-21-24-5)23(25-18-7-2,26-19-8-3)27-20-9-4;1-3-2/h22H,6-21H2,1-5H3;3H,1H2,2H3. The summed E-state index contributed by atoms with van der Waals surface area (Å²) in [5.74, 6) is -0.636. The first-order valence-electron chi connectivity index (χ1n) is 12.6. The predicted molar refractivity (Wildman–Crippen MR) is 130 cm³/mol. The minimum Gasteiger partial charge on any atom is -0.385 e. The molecule has 0 aliphatic carbocycles. The second-order valence-corrected chi connectivity index (χ2v) is 7.95. The first kappa shape index (κ1) is 31.8. The minimum atomic E-state index is -0.890. The van der Waals surface area contributed by atoms with Gasteiger partial charge in [-0.3, -0.25) is 0 Å². The smallest absolute Gasteiger partial charge is 0.285 e. The Morgan fingerprint density at radius 2 is 1.10 bits per heavy atom. The van der Waals surface area contributed by atoms with Gasteiger partial charge >= 0.3 is 0 Å². The lowest BCUT2D eigenvalue weighted by Crippen LogP contribution is -2.47. The van der Waals surface area contributed by atoms with Gasteiger partial charge in [-0.05, 0) is 45.4 Å². The number of rotatable bonds is 21. The van der Waals surface area contributed by atoms with Gasteiger partial charge in [0.25, 0.3) is 5.97 Å². The maximum absolute atomic E-state index is 6.29. The molecule has 0 N–H and O–H groups in total. The van der Waals surface area contributed by atoms with Crippen molar-refractivity contribution < 1.29 is 18.9 Å². The van der Waals surface area contributed by atoms with Crippen molar-refractivity contribution in [1.82, 2.24) is 0 Å². The third kappa shape index (κ3) is 17.3. The van der Waals surface area contributed by atoms with Crippen molar-refractivity contribution in [1.29, 1.82) is 0 Å². The fourth-order valence-corrected chi connectivity index (χ4v) is 3.35. The molecule has 0 aliphatic rings. The molecule has 0 bridgehead atoms. The van der Waals surface area contributed by atoms with Crippen LogP contribution in [0.5, 0.6) is 0 Å². The molecule has 0 amide bonds. The topological polar surface area (TPSA) is 36.9 Å². The van der Waals surface area contributed by atoms with Crippen molar-refractivity contribution in [3.63, 3.8) is 0 Å². The molecule has 4 nitrogen and oxygen atoms in total. The fraction of sp³-hybridized carbons (Fsp3) is 0.923. The third-order valence-electron chi connectivity index (χ3n) is 4.83. The summed E-state index contributed by atoms with van der Waals surface area (Å²) in [6, 6.07) is 0. The average molecular weight is 431 g/mol. The Hall–Kier alpha value is -0.420. The largest absolute Gasteiger partial charge is 0.385 e. The lowest BCUT2D eigenvalue weighted by atomic mass is 9.93. The maximum atomic E-state index is 6.29. The number of hydrogen-bond donors (Lipinski definition) is 0. The van der Waals surface area contributed by atoms with E-state index in [0.29, 0.717) is 19.8 Å². The number of hydrogen-bond acceptors (Lipinski definition) is 4. The molecule has 0 radical (unpaired) electrons. The van der Waals surface area contributed by atoms with Crippen LogP contribution >= 0.6 is 0 Å². The van der Waals surface area contributed by atoms with Gasteiger partial charge in [0.1, 0.15) is 0 Å². The highest BCUT2D eigenvalue weighted by molar-refractivity contribution is 4.73. The monoisotopic (exact) mass is 430 g/mol. The Morgan fingerprint density at radius 3 is 1.53 bits per heavy atom. The van der Waals surface area contributed by atoms with Crippen molar-refractivity contribution in [3.05, 3.63) is 12.7 Å². The number of allylic oxidation sites excluding steroid dienone is 1. The first-order valence-corrected chi connectivity index (χ1v) is 12.6. The van der Waals surface area contributed by atoms with Crippen molar-refractivity contribution >= 4 is 0 Å². The van der Waals surface area contributed by atoms with Gasteiger partial charge in [-0.15, -0.1) is 6.58 Å². The van der Waals surface area contributed by atoms with Crippen molar-refractivity contribution in [2.45, 2.75) is 118 Å². The van der Waals surface area contributed by atoms with Crippen LogP contribution in [0.1, 0.15) is 112 Å². The molecular weight excluding hydrogens is 376 g/mol. The van der Waals surface area contributed by atoms with E-state index in [-0.39, 0.29) is 5.92 Å². The Bertz CT molecular complexity index is 311. The van der Waals surface area contributed by atoms with Gasteiger partial charge in [0, 0.05) is 19.6 Å². The molecule has 4 heteroatoms. The van der Waals surface area contributed by atoms with Gasteiger partial charge in [-0.2, -0.15) is 0 Å². The highest BCUT2D eigenvalue weighted by Gasteiger charge is 2.41. The van der Waals surface area contributed by atoms with E-state index in [4.69, 9.17) is 18.9 Å². The van der Waals surface area contributed by atoms with E-state index in [1.807, 2.05) is 6.92 Å². The molecular formula is C26H54O4. The molecule has 0 fully saturated rings. The van der Waals surface area contributed by atoms with E-state index in [1.165, 1.54) is 38.5 Å². The molecule has 0 aliphatic heterocycles. The molecule has 1 unspecified atom stereocenters. The summed E-state index contributed by atoms with van der Waals surface area (Å²) in [4.78, 5) is 0. The first-order chi connectivity index (χ1) is 14.6. The van der Waals surface area contributed by atoms with Crippen LogP contribution in [0.2, 0.25) is 0 Å². The highest BCUT2D eigenvalue weighted by Crippen LogP contribution is 2.34. The molecule has 0 aromatic carbocycles. The van der Waals surface area contributed by atoms with E-state index in [1.54, 1.807) is 13.2 Å². The summed E-state index contributed by atoms with van der Waals surface area (Å²) in [6.07, 6.45) is 15.6. The fourth-order valence-electron chi connectivity index (χ4n) is 3.35. The van der Waals surface area contributed by atoms with Crippen LogP contribution in [0.15, 0.2) is 12.7 Å². The lowest BCUT2D eigenvalue weighted by Gasteiger charge is -2.40. The molecule has 0 saturated heterocycles. The number of ether oxygens (including phenoxy) is 4. The molecule has 0 aromatic rings. The Balaban J connectivity index is 0. The predicted octanol–water partition coefficient (Wildman–Crippen LogP) is 7.91. The van der Waals surface area contributed by atoms with Crippen molar-refractivity contribution in [2.75, 3.05) is 33.5 Å². The summed E-state index contributed by atoms with van der Waals surface area (Å²) in [5, 5.41) is 0. The van der Waals surface area contributed by atoms with Crippen LogP contribution in [0.4, 0.5) is 0 Å². The van der Waals surface area contributed by atoms with Crippen LogP contribution in [-0.4, -0.2) is 39.5 Å². The Morgan fingerprint density at radius 1 is 0.667 bits per heavy atom. The minimum absolute atomic E-state index is 0.253. The van der Waals surface area contributed by atoms with E-state index in [0.717, 1.165) is 45.1 Å². The van der Waals surface area contributed by atoms with E-state index >= 15 is 0 Å². The summed E-state index contributed by atoms with van der Waals surface area (Å²) in [5.41, 5.74) is 0. The van der Waals surface area contributed by atoms with Crippen molar-refractivity contribution in [2.24, 2.45) is 5.92 Å². The summed E-state index contributed by atoms with van der Waals surface area (Å²) in [7, 11) is 1.77. The number of unbranched alkanes of at least 4 members (excludes halogenated alkanes) is 5. The van der Waals surface area contributed by atoms with Crippen LogP contribution in [0.25, 0.3) is 0 Å². The molecule has 0 spiro atoms. The van der Waals surface area contributed by atoms with Gasteiger partial charge in [0.2, 0.25) is 0 Å². The van der Waals surface area contributed by atoms with Crippen molar-refractivity contribution in [3.8, 4) is 0 Å². The van der Waals surface area contributed by atoms with E-state index in [2.05, 4.69) is 34.3 Å². The molecule has 0 rings (SSSR count). The van der Waals surface area contributed by atoms with E-state index in [9.17, 15) is 0 Å². The zero-order valence-corrected chi connectivity index (χ0v) is 21.3. The second kappa shape index (κ2) is 24.8. The van der Waals surface area contributed by atoms with Gasteiger partial charge in [0.05, 0.1) is 19.8 Å². The third-order valence-corrected chi connectivity index (χ3v) is 4.83. The summed E-state index contributed by atoms with van der Waals surface area (Å²) >= 11 is 0. The molecule has 30 heavy (non-hydrogen) atoms. The SMILES string of the molecule is C=CC.CCCCCCCCC(CCCOC)C(OCCC)(OCCC)OCCC. The zero-order valence-electron chi connectivity index (χ0n) is 21.3. The molecule has 182 valence electrons. The molecule has 0 saturated carbocycles. The Kier molecular flexibility index (Phi) is 26.3. The Labute approximate surface area is 189 Å². The summed E-state index contributed by atoms with van der Waals surface area (Å²) in [6.45, 7) is 16.7. The highest BCUT2D eigenvalue weighted by atomic mass is 16.9. The van der Waals surface area contributed by atoms with Gasteiger partial charge in [-0.25, -0.2) is 0 Å².